The summed E-state index contributed by atoms with van der Waals surface area (Å²) in [7, 11) is 0. The second kappa shape index (κ2) is 6.90. The largest absolute Gasteiger partial charge is 0.390 e. The minimum absolute atomic E-state index is 0.225. The van der Waals surface area contributed by atoms with Crippen molar-refractivity contribution in [3.05, 3.63) is 17.5 Å². The maximum Gasteiger partial charge on any atom is 0.0822 e. The van der Waals surface area contributed by atoms with Crippen LogP contribution in [0.5, 0.6) is 0 Å². The predicted octanol–water partition coefficient (Wildman–Crippen LogP) is 1.53. The zero-order valence-electron chi connectivity index (χ0n) is 13.1. The van der Waals surface area contributed by atoms with Crippen LogP contribution in [-0.2, 0) is 6.54 Å². The summed E-state index contributed by atoms with van der Waals surface area (Å²) >= 11 is 0. The molecule has 2 aliphatic rings. The summed E-state index contributed by atoms with van der Waals surface area (Å²) < 4.78 is 0. The Bertz CT molecular complexity index is 439. The summed E-state index contributed by atoms with van der Waals surface area (Å²) in [6.07, 6.45) is 6.13. The van der Waals surface area contributed by atoms with Crippen LogP contribution in [0.1, 0.15) is 43.5 Å². The first-order valence-corrected chi connectivity index (χ1v) is 8.38. The fourth-order valence-corrected chi connectivity index (χ4v) is 3.77. The summed E-state index contributed by atoms with van der Waals surface area (Å²) in [5, 5.41) is 17.8. The molecule has 5 heteroatoms. The van der Waals surface area contributed by atoms with Gasteiger partial charge in [0.05, 0.1) is 11.8 Å². The third kappa shape index (κ3) is 3.84. The molecular weight excluding hydrogens is 264 g/mol. The van der Waals surface area contributed by atoms with Crippen molar-refractivity contribution < 1.29 is 5.11 Å². The molecule has 0 aromatic carbocycles. The fourth-order valence-electron chi connectivity index (χ4n) is 3.77. The van der Waals surface area contributed by atoms with Gasteiger partial charge in [-0.25, -0.2) is 0 Å². The van der Waals surface area contributed by atoms with Gasteiger partial charge in [0.15, 0.2) is 0 Å². The Hall–Kier alpha value is -0.910. The number of rotatable bonds is 3. The van der Waals surface area contributed by atoms with Crippen LogP contribution in [0.4, 0.5) is 0 Å². The zero-order chi connectivity index (χ0) is 14.7. The highest BCUT2D eigenvalue weighted by molar-refractivity contribution is 5.06. The van der Waals surface area contributed by atoms with Crippen LogP contribution in [0.3, 0.4) is 0 Å². The molecular formula is C16H28N4O. The van der Waals surface area contributed by atoms with E-state index in [4.69, 9.17) is 0 Å². The second-order valence-corrected chi connectivity index (χ2v) is 6.65. The lowest BCUT2D eigenvalue weighted by Gasteiger charge is -2.41. The molecule has 5 nitrogen and oxygen atoms in total. The molecule has 0 amide bonds. The first kappa shape index (κ1) is 15.0. The molecule has 118 valence electrons. The Balaban J connectivity index is 1.53. The highest BCUT2D eigenvalue weighted by Crippen LogP contribution is 2.22. The molecule has 3 rings (SSSR count). The predicted molar refractivity (Wildman–Crippen MR) is 83.1 cm³/mol. The Morgan fingerprint density at radius 3 is 2.62 bits per heavy atom. The summed E-state index contributed by atoms with van der Waals surface area (Å²) in [6, 6.07) is 2.45. The average molecular weight is 292 g/mol. The molecule has 0 aliphatic carbocycles. The molecule has 2 fully saturated rings. The van der Waals surface area contributed by atoms with Gasteiger partial charge in [0.1, 0.15) is 0 Å². The maximum absolute atomic E-state index is 10.6. The molecule has 0 radical (unpaired) electrons. The third-order valence-corrected chi connectivity index (χ3v) is 4.88. The summed E-state index contributed by atoms with van der Waals surface area (Å²) in [5.74, 6) is 0. The number of aryl methyl sites for hydroxylation is 1. The fraction of sp³-hybridized carbons (Fsp3) is 0.812. The average Bonchev–Trinajstić information content (AvgIpc) is 2.72. The highest BCUT2D eigenvalue weighted by atomic mass is 16.3. The van der Waals surface area contributed by atoms with Crippen LogP contribution in [0, 0.1) is 6.92 Å². The standard InChI is InChI=1S/C16H28N4O/c1-13-10-14(18-17-13)11-19-9-6-15(16(21)12-19)20-7-4-2-3-5-8-20/h10,15-16,21H,2-9,11-12H2,1H3,(H,17,18)/t15-,16-/m0/s1. The normalized spacial score (nSPS) is 29.4. The number of hydrogen-bond acceptors (Lipinski definition) is 4. The van der Waals surface area contributed by atoms with E-state index in [-0.39, 0.29) is 6.10 Å². The molecule has 1 aromatic rings. The van der Waals surface area contributed by atoms with Gasteiger partial charge in [-0.1, -0.05) is 12.8 Å². The lowest BCUT2D eigenvalue weighted by molar-refractivity contribution is -0.0147. The van der Waals surface area contributed by atoms with E-state index >= 15 is 0 Å². The molecule has 0 spiro atoms. The van der Waals surface area contributed by atoms with Crippen LogP contribution in [-0.4, -0.2) is 63.4 Å². The van der Waals surface area contributed by atoms with Crippen molar-refractivity contribution in [3.8, 4) is 0 Å². The van der Waals surface area contributed by atoms with Crippen LogP contribution in [0.15, 0.2) is 6.07 Å². The molecule has 0 bridgehead atoms. The maximum atomic E-state index is 10.6. The molecule has 2 aliphatic heterocycles. The highest BCUT2D eigenvalue weighted by Gasteiger charge is 2.32. The first-order valence-electron chi connectivity index (χ1n) is 8.38. The molecule has 21 heavy (non-hydrogen) atoms. The number of aliphatic hydroxyl groups is 1. The molecule has 2 atom stereocenters. The van der Waals surface area contributed by atoms with Crippen molar-refractivity contribution in [1.82, 2.24) is 20.0 Å². The number of nitrogens with one attached hydrogen (secondary N) is 1. The summed E-state index contributed by atoms with van der Waals surface area (Å²) in [6.45, 7) is 7.03. The van der Waals surface area contributed by atoms with E-state index in [0.717, 1.165) is 37.4 Å². The zero-order valence-corrected chi connectivity index (χ0v) is 13.1. The quantitative estimate of drug-likeness (QED) is 0.887. The molecule has 3 heterocycles. The van der Waals surface area contributed by atoms with Crippen LogP contribution < -0.4 is 0 Å². The molecule has 2 N–H and O–H groups in total. The molecule has 1 aromatic heterocycles. The van der Waals surface area contributed by atoms with Crippen molar-refractivity contribution in [2.24, 2.45) is 0 Å². The van der Waals surface area contributed by atoms with Gasteiger partial charge in [0.25, 0.3) is 0 Å². The SMILES string of the molecule is Cc1cc(CN2CC[C@H](N3CCCCCC3)[C@@H](O)C2)n[nH]1. The van der Waals surface area contributed by atoms with Crippen LogP contribution in [0.2, 0.25) is 0 Å². The van der Waals surface area contributed by atoms with Gasteiger partial charge >= 0.3 is 0 Å². The number of piperidine rings is 1. The number of likely N-dealkylation sites (tertiary alicyclic amines) is 2. The van der Waals surface area contributed by atoms with Crippen molar-refractivity contribution in [1.29, 1.82) is 0 Å². The number of aromatic nitrogens is 2. The van der Waals surface area contributed by atoms with Crippen LogP contribution in [0.25, 0.3) is 0 Å². The summed E-state index contributed by atoms with van der Waals surface area (Å²) in [5.41, 5.74) is 2.18. The van der Waals surface area contributed by atoms with Crippen molar-refractivity contribution in [2.75, 3.05) is 26.2 Å². The van der Waals surface area contributed by atoms with E-state index in [1.807, 2.05) is 6.92 Å². The van der Waals surface area contributed by atoms with Crippen molar-refractivity contribution in [2.45, 2.75) is 57.7 Å². The second-order valence-electron chi connectivity index (χ2n) is 6.65. The monoisotopic (exact) mass is 292 g/mol. The minimum Gasteiger partial charge on any atom is -0.390 e. The number of β-amino-alcohol motifs (C(OH)–C–C–N with tert-alkyl or cyclic N) is 1. The number of aliphatic hydroxyl groups excluding tert-OH is 1. The van der Waals surface area contributed by atoms with Gasteiger partial charge in [-0.15, -0.1) is 0 Å². The first-order chi connectivity index (χ1) is 10.2. The van der Waals surface area contributed by atoms with E-state index in [2.05, 4.69) is 26.1 Å². The van der Waals surface area contributed by atoms with Crippen molar-refractivity contribution in [3.63, 3.8) is 0 Å². The third-order valence-electron chi connectivity index (χ3n) is 4.88. The minimum atomic E-state index is -0.225. The Morgan fingerprint density at radius 2 is 2.00 bits per heavy atom. The molecule has 0 unspecified atom stereocenters. The topological polar surface area (TPSA) is 55.4 Å². The Labute approximate surface area is 127 Å². The number of nitrogens with zero attached hydrogens (tertiary/aromatic N) is 3. The lowest BCUT2D eigenvalue weighted by atomic mass is 9.99. The van der Waals surface area contributed by atoms with Gasteiger partial charge in [-0.3, -0.25) is 14.9 Å². The van der Waals surface area contributed by atoms with Gasteiger partial charge in [0, 0.05) is 31.4 Å². The Morgan fingerprint density at radius 1 is 1.24 bits per heavy atom. The molecule has 2 saturated heterocycles. The smallest absolute Gasteiger partial charge is 0.0822 e. The van der Waals surface area contributed by atoms with E-state index in [9.17, 15) is 5.11 Å². The number of hydrogen-bond donors (Lipinski definition) is 2. The van der Waals surface area contributed by atoms with Crippen molar-refractivity contribution >= 4 is 0 Å². The van der Waals surface area contributed by atoms with E-state index in [0.29, 0.717) is 6.04 Å². The van der Waals surface area contributed by atoms with Gasteiger partial charge in [-0.2, -0.15) is 5.10 Å². The number of H-pyrrole nitrogens is 1. The van der Waals surface area contributed by atoms with Gasteiger partial charge < -0.3 is 5.11 Å². The lowest BCUT2D eigenvalue weighted by Crippen LogP contribution is -2.54. The van der Waals surface area contributed by atoms with E-state index in [1.165, 1.54) is 38.8 Å². The van der Waals surface area contributed by atoms with Gasteiger partial charge in [0.2, 0.25) is 0 Å². The number of aromatic amines is 1. The van der Waals surface area contributed by atoms with Gasteiger partial charge in [-0.05, 0) is 45.3 Å². The molecule has 0 saturated carbocycles. The van der Waals surface area contributed by atoms with E-state index < -0.39 is 0 Å². The summed E-state index contributed by atoms with van der Waals surface area (Å²) in [4.78, 5) is 4.86. The van der Waals surface area contributed by atoms with E-state index in [1.54, 1.807) is 0 Å². The van der Waals surface area contributed by atoms with Crippen LogP contribution >= 0.6 is 0 Å². The Kier molecular flexibility index (Phi) is 4.93.